The predicted molar refractivity (Wildman–Crippen MR) is 199 cm³/mol. The normalized spacial score (nSPS) is 35.3. The lowest BCUT2D eigenvalue weighted by Crippen LogP contribution is -2.82. The summed E-state index contributed by atoms with van der Waals surface area (Å²) in [6.07, 6.45) is -12.4. The Morgan fingerprint density at radius 1 is 0.982 bits per heavy atom. The number of amides is 1. The second-order valence-corrected chi connectivity index (χ2v) is 17.5. The zero-order valence-corrected chi connectivity index (χ0v) is 34.2. The van der Waals surface area contributed by atoms with Crippen molar-refractivity contribution in [2.45, 2.75) is 154 Å². The number of aliphatic hydroxyl groups is 4. The van der Waals surface area contributed by atoms with Crippen LogP contribution >= 0.6 is 0 Å². The van der Waals surface area contributed by atoms with Crippen molar-refractivity contribution in [3.05, 3.63) is 47.0 Å². The summed E-state index contributed by atoms with van der Waals surface area (Å²) in [7, 11) is 0. The van der Waals surface area contributed by atoms with Gasteiger partial charge >= 0.3 is 30.0 Å². The Bertz CT molecular complexity index is 1770. The van der Waals surface area contributed by atoms with Crippen molar-refractivity contribution in [1.82, 2.24) is 5.32 Å². The number of hydrogen-bond acceptors (Lipinski definition) is 15. The molecule has 1 aliphatic heterocycles. The minimum Gasteiger partial charge on any atom is -0.456 e. The first-order valence-corrected chi connectivity index (χ1v) is 19.3. The molecule has 1 aromatic carbocycles. The van der Waals surface area contributed by atoms with Crippen LogP contribution in [0.2, 0.25) is 0 Å². The van der Waals surface area contributed by atoms with Gasteiger partial charge in [0.25, 0.3) is 0 Å². The highest BCUT2D eigenvalue weighted by molar-refractivity contribution is 5.89. The van der Waals surface area contributed by atoms with Crippen LogP contribution in [0.25, 0.3) is 0 Å². The largest absolute Gasteiger partial charge is 0.456 e. The molecule has 1 heterocycles. The molecule has 4 aliphatic rings. The number of ether oxygens (including phenoxy) is 6. The molecule has 0 aromatic heterocycles. The van der Waals surface area contributed by atoms with E-state index in [9.17, 15) is 44.4 Å². The van der Waals surface area contributed by atoms with Gasteiger partial charge in [-0.25, -0.2) is 14.4 Å². The van der Waals surface area contributed by atoms with E-state index < -0.39 is 119 Å². The molecule has 5 rings (SSSR count). The van der Waals surface area contributed by atoms with Gasteiger partial charge in [-0.15, -0.1) is 0 Å². The smallest absolute Gasteiger partial charge is 0.407 e. The second-order valence-electron chi connectivity index (χ2n) is 17.5. The SMILES string of the molecule is CC[C@H](NC(=O)OC(C)(C)C)[C@@H](O)C(=O)O[C@H]1C[C@@]2(O)[C@@H](OC(=O)c3ccccc3)[C@H]3[C@@](C)([C@@H](O)CC4OC[C@]43OC(C)=O)[C@@H](O)[C@H](OC(C)=O)C(=C1C)C2(C)C. The Morgan fingerprint density at radius 3 is 2.14 bits per heavy atom. The standard InChI is InChI=1S/C41H57NO15/c1-11-24(42-36(50)57-37(5,6)7)29(46)35(49)54-25-18-41(51)33(55-34(48)23-15-13-12-14-16-23)31-39(10,26(45)17-27-40(31,19-52-27)56-22(4)44)32(47)30(53-21(3)43)28(20(25)2)38(41,8)9/h12-16,24-27,29-33,45-47,51H,11,17-19H2,1-10H3,(H,42,50)/t24-,25-,26-,27?,29+,30+,31-,32-,33-,39+,40-,41+/m0/s1. The third-order valence-electron chi connectivity index (χ3n) is 12.4. The van der Waals surface area contributed by atoms with Crippen molar-refractivity contribution in [3.63, 3.8) is 0 Å². The summed E-state index contributed by atoms with van der Waals surface area (Å²) in [4.78, 5) is 66.4. The number of rotatable bonds is 9. The van der Waals surface area contributed by atoms with Crippen LogP contribution in [0.5, 0.6) is 0 Å². The predicted octanol–water partition coefficient (Wildman–Crippen LogP) is 2.66. The molecule has 1 amide bonds. The van der Waals surface area contributed by atoms with Gasteiger partial charge in [-0.3, -0.25) is 9.59 Å². The molecule has 0 radical (unpaired) electrons. The fraction of sp³-hybridized carbons (Fsp3) is 0.683. The van der Waals surface area contributed by atoms with Crippen LogP contribution < -0.4 is 5.32 Å². The summed E-state index contributed by atoms with van der Waals surface area (Å²) in [5.41, 5.74) is -7.87. The van der Waals surface area contributed by atoms with E-state index in [-0.39, 0.29) is 36.2 Å². The molecule has 16 nitrogen and oxygen atoms in total. The molecule has 0 spiro atoms. The number of esters is 4. The molecule has 5 N–H and O–H groups in total. The van der Waals surface area contributed by atoms with Crippen molar-refractivity contribution >= 4 is 30.0 Å². The second kappa shape index (κ2) is 15.6. The lowest BCUT2D eigenvalue weighted by Gasteiger charge is -2.69. The number of alkyl carbamates (subject to hydrolysis) is 1. The Hall–Kier alpha value is -4.09. The van der Waals surface area contributed by atoms with Crippen LogP contribution in [0.3, 0.4) is 0 Å². The average molecular weight is 804 g/mol. The van der Waals surface area contributed by atoms with Crippen molar-refractivity contribution < 1.29 is 72.8 Å². The fourth-order valence-corrected chi connectivity index (χ4v) is 9.50. The molecule has 3 fully saturated rings. The molecule has 16 heteroatoms. The molecule has 316 valence electrons. The van der Waals surface area contributed by atoms with Crippen LogP contribution in [-0.2, 0) is 42.8 Å². The zero-order chi connectivity index (χ0) is 42.6. The van der Waals surface area contributed by atoms with Gasteiger partial charge in [0.1, 0.15) is 35.6 Å². The van der Waals surface area contributed by atoms with Crippen molar-refractivity contribution in [3.8, 4) is 0 Å². The van der Waals surface area contributed by atoms with Gasteiger partial charge in [-0.2, -0.15) is 0 Å². The fourth-order valence-electron chi connectivity index (χ4n) is 9.50. The molecule has 1 saturated heterocycles. The lowest BCUT2D eigenvalue weighted by atomic mass is 9.44. The minimum absolute atomic E-state index is 0.0828. The van der Waals surface area contributed by atoms with Crippen LogP contribution in [0.15, 0.2) is 41.5 Å². The van der Waals surface area contributed by atoms with Gasteiger partial charge in [0.15, 0.2) is 17.8 Å². The molecule has 2 saturated carbocycles. The van der Waals surface area contributed by atoms with Crippen molar-refractivity contribution in [2.24, 2.45) is 16.7 Å². The summed E-state index contributed by atoms with van der Waals surface area (Å²) < 4.78 is 35.5. The number of carbonyl (C=O) groups excluding carboxylic acids is 5. The van der Waals surface area contributed by atoms with Gasteiger partial charge < -0.3 is 54.2 Å². The van der Waals surface area contributed by atoms with Gasteiger partial charge in [0.05, 0.1) is 30.2 Å². The lowest BCUT2D eigenvalue weighted by molar-refractivity contribution is -0.365. The number of benzene rings is 1. The third kappa shape index (κ3) is 7.66. The number of nitrogens with one attached hydrogen (secondary N) is 1. The highest BCUT2D eigenvalue weighted by Crippen LogP contribution is 2.65. The molecular formula is C41H57NO15. The van der Waals surface area contributed by atoms with Gasteiger partial charge in [-0.05, 0) is 57.4 Å². The van der Waals surface area contributed by atoms with Crippen LogP contribution in [0, 0.1) is 16.7 Å². The topological polar surface area (TPSA) is 234 Å². The van der Waals surface area contributed by atoms with Crippen LogP contribution in [0.4, 0.5) is 4.79 Å². The maximum absolute atomic E-state index is 14.2. The highest BCUT2D eigenvalue weighted by atomic mass is 16.6. The van der Waals surface area contributed by atoms with E-state index >= 15 is 0 Å². The Balaban J connectivity index is 1.72. The molecule has 12 atom stereocenters. The van der Waals surface area contributed by atoms with Crippen molar-refractivity contribution in [2.75, 3.05) is 6.61 Å². The first-order chi connectivity index (χ1) is 26.3. The van der Waals surface area contributed by atoms with Crippen LogP contribution in [0.1, 0.15) is 98.9 Å². The Kier molecular flexibility index (Phi) is 12.0. The monoisotopic (exact) mass is 803 g/mol. The maximum atomic E-state index is 14.2. The van der Waals surface area contributed by atoms with E-state index in [1.807, 2.05) is 0 Å². The van der Waals surface area contributed by atoms with E-state index in [0.717, 1.165) is 6.92 Å². The molecular weight excluding hydrogens is 746 g/mol. The summed E-state index contributed by atoms with van der Waals surface area (Å²) >= 11 is 0. The Labute approximate surface area is 332 Å². The Morgan fingerprint density at radius 2 is 1.61 bits per heavy atom. The van der Waals surface area contributed by atoms with Crippen molar-refractivity contribution in [1.29, 1.82) is 0 Å². The van der Waals surface area contributed by atoms with E-state index in [2.05, 4.69) is 5.32 Å². The molecule has 2 bridgehead atoms. The summed E-state index contributed by atoms with van der Waals surface area (Å²) in [5.74, 6) is -5.11. The highest BCUT2D eigenvalue weighted by Gasteiger charge is 2.78. The summed E-state index contributed by atoms with van der Waals surface area (Å²) in [5, 5.41) is 52.0. The summed E-state index contributed by atoms with van der Waals surface area (Å²) in [6, 6.07) is 6.74. The zero-order valence-electron chi connectivity index (χ0n) is 34.2. The summed E-state index contributed by atoms with van der Waals surface area (Å²) in [6.45, 7) is 14.9. The quantitative estimate of drug-likeness (QED) is 0.137. The van der Waals surface area contributed by atoms with E-state index in [1.165, 1.54) is 26.0 Å². The van der Waals surface area contributed by atoms with E-state index in [0.29, 0.717) is 0 Å². The minimum atomic E-state index is -2.32. The van der Waals surface area contributed by atoms with Gasteiger partial charge in [0, 0.05) is 37.5 Å². The van der Waals surface area contributed by atoms with Gasteiger partial charge in [0.2, 0.25) is 0 Å². The number of aliphatic hydroxyl groups excluding tert-OH is 3. The average Bonchev–Trinajstić information content (AvgIpc) is 3.10. The van der Waals surface area contributed by atoms with E-state index in [4.69, 9.17) is 28.4 Å². The van der Waals surface area contributed by atoms with Gasteiger partial charge in [-0.1, -0.05) is 45.9 Å². The number of carbonyl (C=O) groups is 5. The number of fused-ring (bicyclic) bond motifs is 5. The number of hydrogen-bond donors (Lipinski definition) is 5. The molecule has 57 heavy (non-hydrogen) atoms. The maximum Gasteiger partial charge on any atom is 0.407 e. The first-order valence-electron chi connectivity index (χ1n) is 19.3. The van der Waals surface area contributed by atoms with Crippen LogP contribution in [-0.4, -0.2) is 123 Å². The molecule has 1 unspecified atom stereocenters. The van der Waals surface area contributed by atoms with E-state index in [1.54, 1.807) is 66.7 Å². The third-order valence-corrected chi connectivity index (χ3v) is 12.4. The molecule has 3 aliphatic carbocycles. The molecule has 1 aromatic rings. The first kappa shape index (κ1) is 44.0.